The van der Waals surface area contributed by atoms with E-state index in [1.807, 2.05) is 6.26 Å². The number of carbonyl (C=O) groups is 4. The van der Waals surface area contributed by atoms with Gasteiger partial charge in [0.05, 0.1) is 6.04 Å². The number of nitrogens with zero attached hydrogens (tertiary/aromatic N) is 1. The lowest BCUT2D eigenvalue weighted by molar-refractivity contribution is -0.150. The second kappa shape index (κ2) is 10.2. The van der Waals surface area contributed by atoms with E-state index in [0.717, 1.165) is 0 Å². The molecule has 9 nitrogen and oxygen atoms in total. The minimum absolute atomic E-state index is 0.113. The summed E-state index contributed by atoms with van der Waals surface area (Å²) >= 11 is 1.53. The molecule has 25 heavy (non-hydrogen) atoms. The van der Waals surface area contributed by atoms with Crippen LogP contribution in [0.3, 0.4) is 0 Å². The Morgan fingerprint density at radius 2 is 1.96 bits per heavy atom. The van der Waals surface area contributed by atoms with Gasteiger partial charge in [0.1, 0.15) is 12.1 Å². The van der Waals surface area contributed by atoms with Crippen LogP contribution in [0.1, 0.15) is 32.1 Å². The summed E-state index contributed by atoms with van der Waals surface area (Å²) in [7, 11) is 0. The number of carbonyl (C=O) groups excluding carboxylic acids is 2. The molecule has 1 saturated heterocycles. The van der Waals surface area contributed by atoms with Crippen molar-refractivity contribution in [2.45, 2.75) is 50.2 Å². The van der Waals surface area contributed by atoms with Crippen molar-refractivity contribution in [2.75, 3.05) is 18.6 Å². The molecule has 0 aromatic rings. The number of nitrogens with one attached hydrogen (secondary N) is 1. The molecule has 3 unspecified atom stereocenters. The number of carboxylic acid groups (broad SMARTS) is 2. The molecule has 10 heteroatoms. The first-order chi connectivity index (χ1) is 11.8. The maximum Gasteiger partial charge on any atom is 0.326 e. The number of likely N-dealkylation sites (tertiary alicyclic amines) is 1. The Kier molecular flexibility index (Phi) is 8.70. The predicted octanol–water partition coefficient (Wildman–Crippen LogP) is -0.508. The van der Waals surface area contributed by atoms with Gasteiger partial charge < -0.3 is 26.2 Å². The molecule has 2 amide bonds. The van der Waals surface area contributed by atoms with Gasteiger partial charge in [-0.1, -0.05) is 0 Å². The van der Waals surface area contributed by atoms with Crippen molar-refractivity contribution >= 4 is 35.5 Å². The summed E-state index contributed by atoms with van der Waals surface area (Å²) in [6.07, 6.45) is 2.77. The Morgan fingerprint density at radius 1 is 1.28 bits per heavy atom. The summed E-state index contributed by atoms with van der Waals surface area (Å²) in [5, 5.41) is 20.5. The maximum absolute atomic E-state index is 12.7. The molecule has 0 radical (unpaired) electrons. The molecule has 1 fully saturated rings. The van der Waals surface area contributed by atoms with E-state index < -0.39 is 41.9 Å². The van der Waals surface area contributed by atoms with Crippen LogP contribution in [-0.4, -0.2) is 75.5 Å². The highest BCUT2D eigenvalue weighted by molar-refractivity contribution is 7.98. The number of thioether (sulfide) groups is 1. The molecule has 5 N–H and O–H groups in total. The van der Waals surface area contributed by atoms with Crippen molar-refractivity contribution in [1.29, 1.82) is 0 Å². The molecule has 1 aliphatic rings. The largest absolute Gasteiger partial charge is 0.481 e. The summed E-state index contributed by atoms with van der Waals surface area (Å²) in [6.45, 7) is 0.272. The van der Waals surface area contributed by atoms with Crippen molar-refractivity contribution in [3.8, 4) is 0 Å². The molecule has 0 spiro atoms. The molecular weight excluding hydrogens is 350 g/mol. The highest BCUT2D eigenvalue weighted by atomic mass is 32.2. The van der Waals surface area contributed by atoms with E-state index in [2.05, 4.69) is 5.32 Å². The van der Waals surface area contributed by atoms with Gasteiger partial charge in [0.15, 0.2) is 0 Å². The lowest BCUT2D eigenvalue weighted by atomic mass is 10.1. The minimum Gasteiger partial charge on any atom is -0.481 e. The van der Waals surface area contributed by atoms with Gasteiger partial charge in [0.2, 0.25) is 11.8 Å². The number of nitrogens with two attached hydrogens (primary N) is 1. The average Bonchev–Trinajstić information content (AvgIpc) is 3.05. The molecule has 0 aliphatic carbocycles. The van der Waals surface area contributed by atoms with Crippen LogP contribution in [0, 0.1) is 0 Å². The quantitative estimate of drug-likeness (QED) is 0.399. The fourth-order valence-electron chi connectivity index (χ4n) is 2.67. The van der Waals surface area contributed by atoms with Crippen LogP contribution in [0.25, 0.3) is 0 Å². The Morgan fingerprint density at radius 3 is 2.52 bits per heavy atom. The molecule has 1 aliphatic heterocycles. The zero-order chi connectivity index (χ0) is 19.0. The third-order valence-corrected chi connectivity index (χ3v) is 4.70. The van der Waals surface area contributed by atoms with Crippen molar-refractivity contribution in [3.63, 3.8) is 0 Å². The summed E-state index contributed by atoms with van der Waals surface area (Å²) in [5.41, 5.74) is 5.78. The van der Waals surface area contributed by atoms with E-state index in [9.17, 15) is 24.3 Å². The molecule has 0 bridgehead atoms. The van der Waals surface area contributed by atoms with Crippen LogP contribution in [0.4, 0.5) is 0 Å². The smallest absolute Gasteiger partial charge is 0.326 e. The SMILES string of the molecule is CSCCC(N)C(=O)NC(CCC(=O)O)C(=O)N1CCCC1C(=O)O. The zero-order valence-corrected chi connectivity index (χ0v) is 15.0. The highest BCUT2D eigenvalue weighted by Gasteiger charge is 2.38. The molecule has 3 atom stereocenters. The Hall–Kier alpha value is -1.81. The first-order valence-corrected chi connectivity index (χ1v) is 9.47. The first kappa shape index (κ1) is 21.2. The van der Waals surface area contributed by atoms with Crippen molar-refractivity contribution < 1.29 is 29.4 Å². The summed E-state index contributed by atoms with van der Waals surface area (Å²) in [6, 6.07) is -2.84. The van der Waals surface area contributed by atoms with Crippen LogP contribution in [0.5, 0.6) is 0 Å². The van der Waals surface area contributed by atoms with Crippen LogP contribution >= 0.6 is 11.8 Å². The number of rotatable bonds is 10. The molecular formula is C15H25N3O6S. The lowest BCUT2D eigenvalue weighted by Crippen LogP contribution is -2.54. The van der Waals surface area contributed by atoms with Gasteiger partial charge in [-0.3, -0.25) is 14.4 Å². The second-order valence-corrected chi connectivity index (χ2v) is 6.90. The van der Waals surface area contributed by atoms with Gasteiger partial charge in [0.25, 0.3) is 0 Å². The van der Waals surface area contributed by atoms with Crippen LogP contribution in [-0.2, 0) is 19.2 Å². The van der Waals surface area contributed by atoms with E-state index in [1.165, 1.54) is 16.7 Å². The summed E-state index contributed by atoms with van der Waals surface area (Å²) < 4.78 is 0. The van der Waals surface area contributed by atoms with Gasteiger partial charge in [-0.25, -0.2) is 4.79 Å². The zero-order valence-electron chi connectivity index (χ0n) is 14.1. The van der Waals surface area contributed by atoms with Gasteiger partial charge in [-0.05, 0) is 37.7 Å². The molecule has 1 heterocycles. The number of hydrogen-bond donors (Lipinski definition) is 4. The van der Waals surface area contributed by atoms with E-state index in [1.54, 1.807) is 0 Å². The topological polar surface area (TPSA) is 150 Å². The van der Waals surface area contributed by atoms with Gasteiger partial charge >= 0.3 is 11.9 Å². The first-order valence-electron chi connectivity index (χ1n) is 8.07. The van der Waals surface area contributed by atoms with Crippen molar-refractivity contribution in [2.24, 2.45) is 5.73 Å². The van der Waals surface area contributed by atoms with Crippen LogP contribution in [0.2, 0.25) is 0 Å². The van der Waals surface area contributed by atoms with Gasteiger partial charge in [0, 0.05) is 13.0 Å². The van der Waals surface area contributed by atoms with E-state index >= 15 is 0 Å². The monoisotopic (exact) mass is 375 g/mol. The van der Waals surface area contributed by atoms with Gasteiger partial charge in [-0.15, -0.1) is 0 Å². The van der Waals surface area contributed by atoms with Crippen molar-refractivity contribution in [3.05, 3.63) is 0 Å². The number of amides is 2. The van der Waals surface area contributed by atoms with Crippen molar-refractivity contribution in [1.82, 2.24) is 10.2 Å². The maximum atomic E-state index is 12.7. The third kappa shape index (κ3) is 6.54. The Balaban J connectivity index is 2.80. The fourth-order valence-corrected chi connectivity index (χ4v) is 3.16. The number of carboxylic acids is 2. The Labute approximate surface area is 150 Å². The van der Waals surface area contributed by atoms with E-state index in [0.29, 0.717) is 25.0 Å². The minimum atomic E-state index is -1.11. The normalized spacial score (nSPS) is 19.3. The molecule has 0 aromatic heterocycles. The highest BCUT2D eigenvalue weighted by Crippen LogP contribution is 2.19. The summed E-state index contributed by atoms with van der Waals surface area (Å²) in [4.78, 5) is 48.1. The number of hydrogen-bond acceptors (Lipinski definition) is 6. The molecule has 0 aromatic carbocycles. The third-order valence-electron chi connectivity index (χ3n) is 4.05. The fraction of sp³-hybridized carbons (Fsp3) is 0.733. The number of aliphatic carboxylic acids is 2. The standard InChI is InChI=1S/C15H25N3O6S/c1-25-8-6-9(16)13(21)17-10(4-5-12(19)20)14(22)18-7-2-3-11(18)15(23)24/h9-11H,2-8,16H2,1H3,(H,17,21)(H,19,20)(H,23,24). The molecule has 0 saturated carbocycles. The van der Waals surface area contributed by atoms with E-state index in [-0.39, 0.29) is 19.4 Å². The lowest BCUT2D eigenvalue weighted by Gasteiger charge is -2.27. The van der Waals surface area contributed by atoms with Crippen LogP contribution in [0.15, 0.2) is 0 Å². The van der Waals surface area contributed by atoms with Crippen LogP contribution < -0.4 is 11.1 Å². The molecule has 142 valence electrons. The predicted molar refractivity (Wildman–Crippen MR) is 92.1 cm³/mol. The van der Waals surface area contributed by atoms with Gasteiger partial charge in [-0.2, -0.15) is 11.8 Å². The Bertz CT molecular complexity index is 515. The molecule has 1 rings (SSSR count). The second-order valence-electron chi connectivity index (χ2n) is 5.91. The summed E-state index contributed by atoms with van der Waals surface area (Å²) in [5.74, 6) is -2.64. The average molecular weight is 375 g/mol. The van der Waals surface area contributed by atoms with E-state index in [4.69, 9.17) is 10.8 Å².